The van der Waals surface area contributed by atoms with Gasteiger partial charge in [0.15, 0.2) is 5.16 Å². The lowest BCUT2D eigenvalue weighted by atomic mass is 10.0. The van der Waals surface area contributed by atoms with E-state index in [0.717, 1.165) is 4.90 Å². The lowest BCUT2D eigenvalue weighted by molar-refractivity contribution is -0.131. The number of nitrogens with one attached hydrogen (secondary N) is 1. The maximum absolute atomic E-state index is 12.2. The Bertz CT molecular complexity index is 374. The van der Waals surface area contributed by atoms with E-state index in [1.807, 2.05) is 0 Å². The number of rotatable bonds is 4. The Hall–Kier alpha value is -0.910. The van der Waals surface area contributed by atoms with E-state index in [-0.39, 0.29) is 19.4 Å². The van der Waals surface area contributed by atoms with Gasteiger partial charge in [-0.25, -0.2) is 4.79 Å². The highest BCUT2D eigenvalue weighted by Gasteiger charge is 2.53. The molecular weight excluding hydrogens is 247 g/mol. The second kappa shape index (κ2) is 4.76. The van der Waals surface area contributed by atoms with Crippen molar-refractivity contribution >= 4 is 19.5 Å². The molecule has 0 atom stereocenters. The molecule has 0 aromatic carbocycles. The van der Waals surface area contributed by atoms with Gasteiger partial charge in [-0.3, -0.25) is 14.3 Å². The summed E-state index contributed by atoms with van der Waals surface area (Å²) < 4.78 is 11.5. The van der Waals surface area contributed by atoms with E-state index in [9.17, 15) is 23.9 Å². The van der Waals surface area contributed by atoms with E-state index in [1.165, 1.54) is 13.8 Å². The number of imide groups is 1. The molecule has 1 heterocycles. The molecule has 0 bridgehead atoms. The molecule has 1 fully saturated rings. The molecular formula is C9H17N2O5P. The molecule has 0 aliphatic carbocycles. The Balaban J connectivity index is 3.12. The summed E-state index contributed by atoms with van der Waals surface area (Å²) in [6, 6.07) is -0.588. The quantitative estimate of drug-likeness (QED) is 0.632. The second-order valence-corrected chi connectivity index (χ2v) is 5.92. The van der Waals surface area contributed by atoms with Gasteiger partial charge < -0.3 is 15.1 Å². The minimum absolute atomic E-state index is 0.00358. The van der Waals surface area contributed by atoms with Crippen LogP contribution in [0.5, 0.6) is 0 Å². The van der Waals surface area contributed by atoms with Gasteiger partial charge in [0.1, 0.15) is 0 Å². The normalized spacial score (nSPS) is 17.2. The third-order valence-electron chi connectivity index (χ3n) is 3.23. The topological polar surface area (TPSA) is 107 Å². The zero-order valence-corrected chi connectivity index (χ0v) is 10.7. The van der Waals surface area contributed by atoms with E-state index in [0.29, 0.717) is 6.54 Å². The monoisotopic (exact) mass is 264 g/mol. The molecule has 1 saturated heterocycles. The molecule has 17 heavy (non-hydrogen) atoms. The first-order valence-corrected chi connectivity index (χ1v) is 7.07. The summed E-state index contributed by atoms with van der Waals surface area (Å²) in [5.74, 6) is -0.786. The smallest absolute Gasteiger partial charge is 0.336 e. The van der Waals surface area contributed by atoms with Crippen LogP contribution < -0.4 is 5.32 Å². The van der Waals surface area contributed by atoms with Crippen LogP contribution in [0.25, 0.3) is 0 Å². The van der Waals surface area contributed by atoms with E-state index in [4.69, 9.17) is 0 Å². The number of nitrogens with zero attached hydrogens (tertiary/aromatic N) is 1. The molecule has 1 aliphatic rings. The zero-order valence-electron chi connectivity index (χ0n) is 9.84. The fourth-order valence-corrected chi connectivity index (χ4v) is 3.20. The average molecular weight is 264 g/mol. The van der Waals surface area contributed by atoms with Crippen molar-refractivity contribution in [3.05, 3.63) is 0 Å². The average Bonchev–Trinajstić information content (AvgIpc) is 2.64. The Morgan fingerprint density at radius 2 is 2.00 bits per heavy atom. The van der Waals surface area contributed by atoms with Crippen LogP contribution in [0.4, 0.5) is 4.79 Å². The predicted octanol–water partition coefficient (Wildman–Crippen LogP) is 0.275. The molecule has 0 aromatic rings. The fourth-order valence-electron chi connectivity index (χ4n) is 2.01. The van der Waals surface area contributed by atoms with Crippen molar-refractivity contribution < 1.29 is 23.9 Å². The highest BCUT2D eigenvalue weighted by atomic mass is 31.2. The molecule has 0 spiro atoms. The molecule has 7 nitrogen and oxygen atoms in total. The van der Waals surface area contributed by atoms with E-state index < -0.39 is 24.7 Å². The molecule has 98 valence electrons. The highest BCUT2D eigenvalue weighted by Crippen LogP contribution is 2.55. The standard InChI is InChI=1S/C9H17N2O5P/c1-3-9(4-2,17(14,15)16)7(12)11-6-5-10-8(11)13/h3-6H2,1-2H3,(H,10,13)(H2,14,15,16). The number of carbonyl (C=O) groups excluding carboxylic acids is 2. The first kappa shape index (κ1) is 14.2. The van der Waals surface area contributed by atoms with Crippen LogP contribution in [0.2, 0.25) is 0 Å². The number of hydrogen-bond donors (Lipinski definition) is 3. The first-order chi connectivity index (χ1) is 7.80. The minimum Gasteiger partial charge on any atom is -0.336 e. The van der Waals surface area contributed by atoms with Crippen molar-refractivity contribution in [2.24, 2.45) is 0 Å². The Kier molecular flexibility index (Phi) is 3.96. The summed E-state index contributed by atoms with van der Waals surface area (Å²) in [7, 11) is -4.61. The largest absolute Gasteiger partial charge is 0.341 e. The van der Waals surface area contributed by atoms with Gasteiger partial charge >= 0.3 is 13.6 Å². The van der Waals surface area contributed by atoms with Crippen LogP contribution in [0, 0.1) is 0 Å². The zero-order chi connectivity index (χ0) is 13.3. The molecule has 8 heteroatoms. The minimum atomic E-state index is -4.61. The van der Waals surface area contributed by atoms with Crippen LogP contribution >= 0.6 is 7.60 Å². The number of carbonyl (C=O) groups is 2. The van der Waals surface area contributed by atoms with Gasteiger partial charge in [0.05, 0.1) is 0 Å². The van der Waals surface area contributed by atoms with Crippen LogP contribution in [0.3, 0.4) is 0 Å². The summed E-state index contributed by atoms with van der Waals surface area (Å²) in [5, 5.41) is 0.652. The SMILES string of the molecule is CCC(CC)(C(=O)N1CCNC1=O)P(=O)(O)O. The van der Waals surface area contributed by atoms with Crippen molar-refractivity contribution in [1.29, 1.82) is 0 Å². The molecule has 0 saturated carbocycles. The summed E-state index contributed by atoms with van der Waals surface area (Å²) >= 11 is 0. The van der Waals surface area contributed by atoms with Gasteiger partial charge in [-0.15, -0.1) is 0 Å². The maximum Gasteiger partial charge on any atom is 0.341 e. The van der Waals surface area contributed by atoms with Gasteiger partial charge in [0.2, 0.25) is 5.91 Å². The predicted molar refractivity (Wildman–Crippen MR) is 60.5 cm³/mol. The molecule has 0 unspecified atom stereocenters. The Morgan fingerprint density at radius 1 is 1.47 bits per heavy atom. The summed E-state index contributed by atoms with van der Waals surface area (Å²) in [6.07, 6.45) is -0.00716. The van der Waals surface area contributed by atoms with Gasteiger partial charge in [-0.2, -0.15) is 0 Å². The van der Waals surface area contributed by atoms with Crippen molar-refractivity contribution in [3.63, 3.8) is 0 Å². The molecule has 1 aliphatic heterocycles. The third kappa shape index (κ3) is 2.22. The van der Waals surface area contributed by atoms with Gasteiger partial charge in [0, 0.05) is 13.1 Å². The van der Waals surface area contributed by atoms with Crippen LogP contribution in [0.15, 0.2) is 0 Å². The van der Waals surface area contributed by atoms with Gasteiger partial charge in [-0.1, -0.05) is 13.8 Å². The first-order valence-electron chi connectivity index (χ1n) is 5.45. The third-order valence-corrected chi connectivity index (χ3v) is 5.17. The number of urea groups is 1. The molecule has 1 rings (SSSR count). The molecule has 0 aromatic heterocycles. The van der Waals surface area contributed by atoms with Crippen molar-refractivity contribution in [2.75, 3.05) is 13.1 Å². The fraction of sp³-hybridized carbons (Fsp3) is 0.778. The summed E-state index contributed by atoms with van der Waals surface area (Å²) in [4.78, 5) is 43.2. The Labute approximate surface area is 99.3 Å². The molecule has 0 radical (unpaired) electrons. The van der Waals surface area contributed by atoms with Crippen molar-refractivity contribution in [1.82, 2.24) is 10.2 Å². The van der Waals surface area contributed by atoms with E-state index in [1.54, 1.807) is 0 Å². The maximum atomic E-state index is 12.2. The van der Waals surface area contributed by atoms with E-state index >= 15 is 0 Å². The Morgan fingerprint density at radius 3 is 2.29 bits per heavy atom. The van der Waals surface area contributed by atoms with Gasteiger partial charge in [0.25, 0.3) is 0 Å². The second-order valence-electron chi connectivity index (χ2n) is 3.97. The highest BCUT2D eigenvalue weighted by molar-refractivity contribution is 7.54. The van der Waals surface area contributed by atoms with Crippen LogP contribution in [-0.2, 0) is 9.36 Å². The van der Waals surface area contributed by atoms with Crippen molar-refractivity contribution in [2.45, 2.75) is 31.8 Å². The lowest BCUT2D eigenvalue weighted by Gasteiger charge is -2.33. The summed E-state index contributed by atoms with van der Waals surface area (Å²) in [5.41, 5.74) is 0. The van der Waals surface area contributed by atoms with Crippen LogP contribution in [0.1, 0.15) is 26.7 Å². The lowest BCUT2D eigenvalue weighted by Crippen LogP contribution is -2.49. The van der Waals surface area contributed by atoms with E-state index in [2.05, 4.69) is 5.32 Å². The molecule has 3 amide bonds. The molecule has 3 N–H and O–H groups in total. The summed E-state index contributed by atoms with van der Waals surface area (Å²) in [6.45, 7) is 3.54. The van der Waals surface area contributed by atoms with Crippen LogP contribution in [-0.4, -0.2) is 44.9 Å². The number of hydrogen-bond acceptors (Lipinski definition) is 3. The number of amides is 3. The van der Waals surface area contributed by atoms with Gasteiger partial charge in [-0.05, 0) is 12.8 Å². The van der Waals surface area contributed by atoms with Crippen molar-refractivity contribution in [3.8, 4) is 0 Å².